The number of fused-ring (bicyclic) bond motifs is 3. The second-order valence-corrected chi connectivity index (χ2v) is 9.60. The van der Waals surface area contributed by atoms with Crippen molar-refractivity contribution in [1.82, 2.24) is 15.5 Å². The van der Waals surface area contributed by atoms with Crippen molar-refractivity contribution in [1.29, 1.82) is 5.26 Å². The number of nitrogens with zero attached hydrogens (tertiary/aromatic N) is 2. The van der Waals surface area contributed by atoms with Gasteiger partial charge in [-0.1, -0.05) is 30.3 Å². The first-order chi connectivity index (χ1) is 16.1. The molecule has 0 unspecified atom stereocenters. The summed E-state index contributed by atoms with van der Waals surface area (Å²) in [7, 11) is 0. The van der Waals surface area contributed by atoms with E-state index >= 15 is 0 Å². The zero-order valence-corrected chi connectivity index (χ0v) is 18.8. The van der Waals surface area contributed by atoms with Gasteiger partial charge in [-0.3, -0.25) is 14.4 Å². The van der Waals surface area contributed by atoms with E-state index in [9.17, 15) is 33.5 Å². The monoisotopic (exact) mass is 474 g/mol. The van der Waals surface area contributed by atoms with Crippen molar-refractivity contribution in [2.24, 2.45) is 11.8 Å². The largest absolute Gasteiger partial charge is 0.376 e. The lowest BCUT2D eigenvalue weighted by molar-refractivity contribution is -0.203. The van der Waals surface area contributed by atoms with Crippen molar-refractivity contribution in [3.05, 3.63) is 35.9 Å². The molecular weight excluding hydrogens is 446 g/mol. The van der Waals surface area contributed by atoms with Crippen LogP contribution >= 0.6 is 0 Å². The Labute approximate surface area is 196 Å². The van der Waals surface area contributed by atoms with Gasteiger partial charge in [-0.05, 0) is 38.2 Å². The third-order valence-electron chi connectivity index (χ3n) is 7.35. The molecule has 0 radical (unpaired) electrons. The van der Waals surface area contributed by atoms with Crippen molar-refractivity contribution in [2.45, 2.75) is 68.7 Å². The minimum atomic E-state index is -3.16. The van der Waals surface area contributed by atoms with Crippen LogP contribution in [0.4, 0.5) is 8.78 Å². The molecule has 3 aliphatic heterocycles. The number of halogens is 2. The normalized spacial score (nSPS) is 30.1. The quantitative estimate of drug-likeness (QED) is 0.576. The van der Waals surface area contributed by atoms with E-state index in [1.54, 1.807) is 30.3 Å². The zero-order valence-electron chi connectivity index (χ0n) is 18.8. The molecule has 3 heterocycles. The van der Waals surface area contributed by atoms with Crippen LogP contribution in [-0.4, -0.2) is 58.3 Å². The van der Waals surface area contributed by atoms with Crippen molar-refractivity contribution in [3.63, 3.8) is 0 Å². The second-order valence-electron chi connectivity index (χ2n) is 9.60. The molecule has 34 heavy (non-hydrogen) atoms. The number of carbonyl (C=O) groups excluding carboxylic acids is 3. The Balaban J connectivity index is 1.60. The molecule has 2 bridgehead atoms. The molecule has 5 rings (SSSR count). The average molecular weight is 475 g/mol. The van der Waals surface area contributed by atoms with Crippen LogP contribution in [0, 0.1) is 23.2 Å². The number of rotatable bonds is 6. The minimum absolute atomic E-state index is 0.0509. The summed E-state index contributed by atoms with van der Waals surface area (Å²) in [6.45, 7) is 1.77. The van der Waals surface area contributed by atoms with E-state index < -0.39 is 59.7 Å². The zero-order chi connectivity index (χ0) is 24.7. The summed E-state index contributed by atoms with van der Waals surface area (Å²) < 4.78 is 29.7. The highest BCUT2D eigenvalue weighted by molar-refractivity contribution is 5.93. The molecule has 3 N–H and O–H groups in total. The molecular formula is C24H28F2N4O4. The van der Waals surface area contributed by atoms with Gasteiger partial charge < -0.3 is 20.6 Å². The number of alkyl halides is 2. The van der Waals surface area contributed by atoms with Gasteiger partial charge >= 0.3 is 0 Å². The smallest absolute Gasteiger partial charge is 0.259 e. The number of piperidine rings is 2. The summed E-state index contributed by atoms with van der Waals surface area (Å²) in [5, 5.41) is 25.8. The van der Waals surface area contributed by atoms with Crippen LogP contribution in [0.2, 0.25) is 0 Å². The Morgan fingerprint density at radius 2 is 2.03 bits per heavy atom. The number of hydrogen-bond acceptors (Lipinski definition) is 5. The van der Waals surface area contributed by atoms with Gasteiger partial charge in [0.1, 0.15) is 12.1 Å². The molecule has 10 heteroatoms. The van der Waals surface area contributed by atoms with Gasteiger partial charge in [-0.15, -0.1) is 0 Å². The topological polar surface area (TPSA) is 123 Å². The number of benzene rings is 1. The number of hydrogen-bond donors (Lipinski definition) is 3. The Kier molecular flexibility index (Phi) is 6.34. The summed E-state index contributed by atoms with van der Waals surface area (Å²) in [5.41, 5.74) is -1.74. The SMILES string of the molecule is C[C@@](O)(C(=O)N1[C@H]2CC[C@@H]([C@H]1C(=O)N[C@H](C#N)C[C@H]1CCNC1=O)C(F)(F)C2)c1ccccc1. The molecule has 1 aromatic rings. The Morgan fingerprint density at radius 3 is 2.62 bits per heavy atom. The molecule has 0 aromatic heterocycles. The first kappa shape index (κ1) is 24.1. The first-order valence-electron chi connectivity index (χ1n) is 11.5. The number of carbonyl (C=O) groups is 3. The van der Waals surface area contributed by atoms with Crippen molar-refractivity contribution in [2.75, 3.05) is 6.54 Å². The summed E-state index contributed by atoms with van der Waals surface area (Å²) in [6, 6.07) is 6.55. The summed E-state index contributed by atoms with van der Waals surface area (Å²) >= 11 is 0. The van der Waals surface area contributed by atoms with E-state index in [4.69, 9.17) is 0 Å². The summed E-state index contributed by atoms with van der Waals surface area (Å²) in [4.78, 5) is 39.8. The standard InChI is InChI=1S/C24H28F2N4O4/c1-23(34,15-5-3-2-4-6-15)22(33)30-17-7-8-18(24(25,26)12-17)19(30)21(32)29-16(13-27)11-14-9-10-28-20(14)31/h2-6,14,16-19,34H,7-12H2,1H3,(H,28,31)(H,29,32)/t14-,16+,17+,18+,19+,23+/m1/s1. The van der Waals surface area contributed by atoms with Gasteiger partial charge in [0.2, 0.25) is 11.8 Å². The fourth-order valence-corrected chi connectivity index (χ4v) is 5.49. The van der Waals surface area contributed by atoms with Gasteiger partial charge in [-0.2, -0.15) is 5.26 Å². The molecule has 8 nitrogen and oxygen atoms in total. The maximum absolute atomic E-state index is 14.9. The maximum atomic E-state index is 14.9. The second kappa shape index (κ2) is 8.95. The van der Waals surface area contributed by atoms with Gasteiger partial charge in [0.15, 0.2) is 5.60 Å². The molecule has 6 atom stereocenters. The van der Waals surface area contributed by atoms with Crippen LogP contribution in [0.1, 0.15) is 44.6 Å². The highest BCUT2D eigenvalue weighted by Crippen LogP contribution is 2.50. The third-order valence-corrected chi connectivity index (χ3v) is 7.35. The molecule has 1 aliphatic carbocycles. The predicted octanol–water partition coefficient (Wildman–Crippen LogP) is 1.44. The van der Waals surface area contributed by atoms with Crippen LogP contribution in [0.3, 0.4) is 0 Å². The number of nitrogens with one attached hydrogen (secondary N) is 2. The molecule has 4 aliphatic rings. The lowest BCUT2D eigenvalue weighted by Crippen LogP contribution is -2.70. The molecule has 3 saturated heterocycles. The van der Waals surface area contributed by atoms with E-state index in [0.29, 0.717) is 19.4 Å². The van der Waals surface area contributed by atoms with Crippen LogP contribution in [-0.2, 0) is 20.0 Å². The summed E-state index contributed by atoms with van der Waals surface area (Å²) in [5.74, 6) is -6.95. The molecule has 1 saturated carbocycles. The van der Waals surface area contributed by atoms with Crippen LogP contribution in [0.5, 0.6) is 0 Å². The van der Waals surface area contributed by atoms with E-state index in [-0.39, 0.29) is 24.3 Å². The fraction of sp³-hybridized carbons (Fsp3) is 0.583. The number of aliphatic hydroxyl groups is 1. The molecule has 182 valence electrons. The van der Waals surface area contributed by atoms with E-state index in [0.717, 1.165) is 4.90 Å². The number of nitriles is 1. The van der Waals surface area contributed by atoms with Crippen molar-refractivity contribution in [3.8, 4) is 6.07 Å². The lowest BCUT2D eigenvalue weighted by atomic mass is 9.70. The van der Waals surface area contributed by atoms with E-state index in [1.807, 2.05) is 6.07 Å². The van der Waals surface area contributed by atoms with Crippen LogP contribution in [0.15, 0.2) is 30.3 Å². The minimum Gasteiger partial charge on any atom is -0.376 e. The predicted molar refractivity (Wildman–Crippen MR) is 116 cm³/mol. The summed E-state index contributed by atoms with van der Waals surface area (Å²) in [6.07, 6.45) is 0.340. The van der Waals surface area contributed by atoms with E-state index in [2.05, 4.69) is 10.6 Å². The van der Waals surface area contributed by atoms with Crippen molar-refractivity contribution >= 4 is 17.7 Å². The van der Waals surface area contributed by atoms with Crippen molar-refractivity contribution < 1.29 is 28.3 Å². The molecule has 4 fully saturated rings. The molecule has 0 spiro atoms. The Morgan fingerprint density at radius 1 is 1.32 bits per heavy atom. The third kappa shape index (κ3) is 4.25. The Hall–Kier alpha value is -3.06. The molecule has 3 amide bonds. The first-order valence-corrected chi connectivity index (χ1v) is 11.5. The van der Waals surface area contributed by atoms with Crippen LogP contribution < -0.4 is 10.6 Å². The Bertz CT molecular complexity index is 1010. The maximum Gasteiger partial charge on any atom is 0.259 e. The highest BCUT2D eigenvalue weighted by Gasteiger charge is 2.62. The highest BCUT2D eigenvalue weighted by atomic mass is 19.3. The van der Waals surface area contributed by atoms with Gasteiger partial charge in [-0.25, -0.2) is 8.78 Å². The molecule has 1 aromatic carbocycles. The van der Waals surface area contributed by atoms with Crippen LogP contribution in [0.25, 0.3) is 0 Å². The fourth-order valence-electron chi connectivity index (χ4n) is 5.49. The lowest BCUT2D eigenvalue weighted by Gasteiger charge is -2.54. The average Bonchev–Trinajstić information content (AvgIpc) is 3.21. The number of amides is 3. The van der Waals surface area contributed by atoms with Gasteiger partial charge in [0.05, 0.1) is 12.0 Å². The van der Waals surface area contributed by atoms with E-state index in [1.165, 1.54) is 6.92 Å². The van der Waals surface area contributed by atoms with Gasteiger partial charge in [0, 0.05) is 24.9 Å². The van der Waals surface area contributed by atoms with Gasteiger partial charge in [0.25, 0.3) is 11.8 Å².